The van der Waals surface area contributed by atoms with Crippen LogP contribution in [0.25, 0.3) is 76.1 Å². The molecule has 67 heavy (non-hydrogen) atoms. The van der Waals surface area contributed by atoms with E-state index in [1.165, 1.54) is 76.1 Å². The maximum absolute atomic E-state index is 2.41. The van der Waals surface area contributed by atoms with Crippen molar-refractivity contribution >= 4 is 88.0 Å². The van der Waals surface area contributed by atoms with Gasteiger partial charge < -0.3 is 9.80 Å². The Morgan fingerprint density at radius 2 is 0.642 bits per heavy atom. The van der Waals surface area contributed by atoms with Crippen LogP contribution >= 0.6 is 0 Å². The summed E-state index contributed by atoms with van der Waals surface area (Å²) in [5.41, 5.74) is 14.4. The van der Waals surface area contributed by atoms with E-state index in [1.54, 1.807) is 0 Å². The van der Waals surface area contributed by atoms with E-state index in [0.29, 0.717) is 0 Å². The molecule has 1 aliphatic rings. The normalized spacial score (nSPS) is 12.7. The summed E-state index contributed by atoms with van der Waals surface area (Å²) in [6, 6.07) is 89.2. The highest BCUT2D eigenvalue weighted by molar-refractivity contribution is 6.19. The molecule has 12 aromatic carbocycles. The molecule has 0 radical (unpaired) electrons. The molecule has 2 heteroatoms. The van der Waals surface area contributed by atoms with Crippen LogP contribution in [0.5, 0.6) is 0 Å². The zero-order valence-corrected chi connectivity index (χ0v) is 37.5. The molecule has 0 unspecified atom stereocenters. The molecule has 0 N–H and O–H groups in total. The third-order valence-corrected chi connectivity index (χ3v) is 14.4. The second kappa shape index (κ2) is 15.3. The van der Waals surface area contributed by atoms with E-state index in [2.05, 4.69) is 266 Å². The molecule has 13 rings (SSSR count). The SMILES string of the molecule is CC1(C)c2cccc3cc(-c4ccc(N(c5ccc(-c6ccc(N(c7cccc8ccccc78)c7cccc8ccccc78)cc6)cc5)c5cccc6ccccc56)cc4)c4cccc1c4c23. The average Bonchev–Trinajstić information content (AvgIpc) is 3.63. The van der Waals surface area contributed by atoms with Crippen molar-refractivity contribution < 1.29 is 0 Å². The molecular formula is C65H46N2. The van der Waals surface area contributed by atoms with Crippen LogP contribution in [-0.4, -0.2) is 0 Å². The number of benzene rings is 12. The van der Waals surface area contributed by atoms with Crippen LogP contribution in [-0.2, 0) is 5.41 Å². The molecule has 0 spiro atoms. The van der Waals surface area contributed by atoms with Crippen molar-refractivity contribution in [2.75, 3.05) is 9.80 Å². The molecule has 2 nitrogen and oxygen atoms in total. The van der Waals surface area contributed by atoms with Gasteiger partial charge in [-0.15, -0.1) is 0 Å². The zero-order valence-electron chi connectivity index (χ0n) is 37.5. The lowest BCUT2D eigenvalue weighted by molar-refractivity contribution is 0.663. The van der Waals surface area contributed by atoms with Crippen LogP contribution in [0.15, 0.2) is 243 Å². The molecule has 316 valence electrons. The van der Waals surface area contributed by atoms with Crippen LogP contribution in [0, 0.1) is 0 Å². The van der Waals surface area contributed by atoms with Gasteiger partial charge in [-0.1, -0.05) is 196 Å². The highest BCUT2D eigenvalue weighted by atomic mass is 15.1. The molecule has 12 aromatic rings. The van der Waals surface area contributed by atoms with Crippen molar-refractivity contribution in [2.45, 2.75) is 19.3 Å². The molecule has 0 amide bonds. The van der Waals surface area contributed by atoms with E-state index in [1.807, 2.05) is 0 Å². The van der Waals surface area contributed by atoms with Gasteiger partial charge in [-0.25, -0.2) is 0 Å². The van der Waals surface area contributed by atoms with E-state index in [9.17, 15) is 0 Å². The Kier molecular flexibility index (Phi) is 8.91. The van der Waals surface area contributed by atoms with Gasteiger partial charge in [0, 0.05) is 38.6 Å². The largest absolute Gasteiger partial charge is 0.310 e. The van der Waals surface area contributed by atoms with E-state index in [0.717, 1.165) is 45.3 Å². The lowest BCUT2D eigenvalue weighted by Crippen LogP contribution is -2.14. The fourth-order valence-corrected chi connectivity index (χ4v) is 11.1. The van der Waals surface area contributed by atoms with Crippen molar-refractivity contribution in [3.05, 3.63) is 254 Å². The summed E-state index contributed by atoms with van der Waals surface area (Å²) in [7, 11) is 0. The highest BCUT2D eigenvalue weighted by Gasteiger charge is 2.34. The number of nitrogens with zero attached hydrogens (tertiary/aromatic N) is 2. The minimum atomic E-state index is -0.0286. The first-order chi connectivity index (χ1) is 33.0. The molecule has 0 saturated carbocycles. The average molecular weight is 855 g/mol. The second-order valence-electron chi connectivity index (χ2n) is 18.5. The summed E-state index contributed by atoms with van der Waals surface area (Å²) in [5.74, 6) is 0. The molecule has 0 aromatic heterocycles. The molecule has 0 heterocycles. The van der Waals surface area contributed by atoms with Crippen LogP contribution in [0.1, 0.15) is 25.0 Å². The van der Waals surface area contributed by atoms with Gasteiger partial charge in [0.2, 0.25) is 0 Å². The molecule has 0 bridgehead atoms. The first-order valence-corrected chi connectivity index (χ1v) is 23.3. The summed E-state index contributed by atoms with van der Waals surface area (Å²) in [5, 5.41) is 12.7. The zero-order chi connectivity index (χ0) is 44.6. The lowest BCUT2D eigenvalue weighted by atomic mass is 9.82. The summed E-state index contributed by atoms with van der Waals surface area (Å²) < 4.78 is 0. The Labute approximate surface area is 391 Å². The van der Waals surface area contributed by atoms with Crippen molar-refractivity contribution in [1.29, 1.82) is 0 Å². The first kappa shape index (κ1) is 39.0. The van der Waals surface area contributed by atoms with Gasteiger partial charge in [0.25, 0.3) is 0 Å². The molecular weight excluding hydrogens is 809 g/mol. The summed E-state index contributed by atoms with van der Waals surface area (Å²) in [6.45, 7) is 4.73. The topological polar surface area (TPSA) is 6.48 Å². The number of anilines is 6. The van der Waals surface area contributed by atoms with Crippen molar-refractivity contribution in [3.63, 3.8) is 0 Å². The Morgan fingerprint density at radius 1 is 0.284 bits per heavy atom. The number of hydrogen-bond acceptors (Lipinski definition) is 2. The van der Waals surface area contributed by atoms with Gasteiger partial charge in [0.05, 0.1) is 17.1 Å². The highest BCUT2D eigenvalue weighted by Crippen LogP contribution is 2.51. The minimum absolute atomic E-state index is 0.0286. The van der Waals surface area contributed by atoms with E-state index in [-0.39, 0.29) is 5.41 Å². The molecule has 0 aliphatic heterocycles. The predicted octanol–water partition coefficient (Wildman–Crippen LogP) is 18.4. The Bertz CT molecular complexity index is 3790. The Morgan fingerprint density at radius 3 is 1.15 bits per heavy atom. The predicted molar refractivity (Wildman–Crippen MR) is 286 cm³/mol. The van der Waals surface area contributed by atoms with Crippen LogP contribution in [0.2, 0.25) is 0 Å². The Hall–Kier alpha value is -8.46. The quantitative estimate of drug-likeness (QED) is 0.141. The fraction of sp³-hybridized carbons (Fsp3) is 0.0462. The molecule has 0 saturated heterocycles. The van der Waals surface area contributed by atoms with Gasteiger partial charge in [0.15, 0.2) is 0 Å². The standard InChI is InChI=1S/C65H46N2/c1-65(2)58-25-9-20-49-42-57(56-24-13-26-59(65)64(56)63(49)58)48-34-40-51(41-35-48)66(60-27-10-17-45-14-3-6-21-53(45)60)50-36-30-43(31-37-50)44-32-38-52(39-33-44)67(61-28-11-18-46-15-4-7-22-54(46)61)62-29-12-19-47-16-5-8-23-55(47)62/h3-42H,1-2H3. The summed E-state index contributed by atoms with van der Waals surface area (Å²) in [6.07, 6.45) is 0. The lowest BCUT2D eigenvalue weighted by Gasteiger charge is -2.28. The van der Waals surface area contributed by atoms with Crippen molar-refractivity contribution in [3.8, 4) is 22.3 Å². The van der Waals surface area contributed by atoms with E-state index >= 15 is 0 Å². The number of rotatable bonds is 8. The maximum Gasteiger partial charge on any atom is 0.0540 e. The summed E-state index contributed by atoms with van der Waals surface area (Å²) in [4.78, 5) is 4.82. The van der Waals surface area contributed by atoms with E-state index < -0.39 is 0 Å². The van der Waals surface area contributed by atoms with Crippen molar-refractivity contribution in [1.82, 2.24) is 0 Å². The van der Waals surface area contributed by atoms with Gasteiger partial charge in [-0.2, -0.15) is 0 Å². The van der Waals surface area contributed by atoms with Gasteiger partial charge in [-0.3, -0.25) is 0 Å². The first-order valence-electron chi connectivity index (χ1n) is 23.3. The second-order valence-corrected chi connectivity index (χ2v) is 18.5. The van der Waals surface area contributed by atoms with Crippen LogP contribution in [0.4, 0.5) is 34.1 Å². The molecule has 0 fully saturated rings. The van der Waals surface area contributed by atoms with Gasteiger partial charge in [0.1, 0.15) is 0 Å². The fourth-order valence-electron chi connectivity index (χ4n) is 11.1. The number of hydrogen-bond donors (Lipinski definition) is 0. The monoisotopic (exact) mass is 854 g/mol. The Balaban J connectivity index is 0.884. The summed E-state index contributed by atoms with van der Waals surface area (Å²) >= 11 is 0. The maximum atomic E-state index is 2.41. The van der Waals surface area contributed by atoms with Gasteiger partial charge in [-0.05, 0) is 132 Å². The third-order valence-electron chi connectivity index (χ3n) is 14.4. The van der Waals surface area contributed by atoms with Crippen LogP contribution < -0.4 is 9.80 Å². The van der Waals surface area contributed by atoms with Crippen molar-refractivity contribution in [2.24, 2.45) is 0 Å². The third kappa shape index (κ3) is 6.25. The number of fused-ring (bicyclic) bond motifs is 3. The minimum Gasteiger partial charge on any atom is -0.310 e. The van der Waals surface area contributed by atoms with Crippen LogP contribution in [0.3, 0.4) is 0 Å². The smallest absolute Gasteiger partial charge is 0.0540 e. The van der Waals surface area contributed by atoms with Gasteiger partial charge >= 0.3 is 0 Å². The molecule has 0 atom stereocenters. The molecule has 1 aliphatic carbocycles. The van der Waals surface area contributed by atoms with E-state index in [4.69, 9.17) is 0 Å².